The number of rotatable bonds is 3. The number of halogens is 1. The number of hydrogen-bond acceptors (Lipinski definition) is 3. The first-order valence-electron chi connectivity index (χ1n) is 7.35. The Labute approximate surface area is 153 Å². The molecule has 2 aromatic carbocycles. The fraction of sp³-hybridized carbons (Fsp3) is 0.111. The molecular formula is C18H16IN3O2. The van der Waals surface area contributed by atoms with Crippen LogP contribution >= 0.6 is 22.6 Å². The van der Waals surface area contributed by atoms with Gasteiger partial charge < -0.3 is 9.67 Å². The summed E-state index contributed by atoms with van der Waals surface area (Å²) in [5.41, 5.74) is 5.42. The van der Waals surface area contributed by atoms with E-state index >= 15 is 0 Å². The molecule has 0 saturated carbocycles. The highest BCUT2D eigenvalue weighted by molar-refractivity contribution is 14.1. The minimum atomic E-state index is -0.441. The smallest absolute Gasteiger partial charge is 0.275 e. The second-order valence-electron chi connectivity index (χ2n) is 5.45. The van der Waals surface area contributed by atoms with E-state index in [9.17, 15) is 9.90 Å². The Morgan fingerprint density at radius 1 is 1.21 bits per heavy atom. The second-order valence-corrected chi connectivity index (χ2v) is 6.69. The number of hydrogen-bond donors (Lipinski definition) is 2. The predicted octanol–water partition coefficient (Wildman–Crippen LogP) is 3.64. The van der Waals surface area contributed by atoms with Crippen LogP contribution < -0.4 is 5.43 Å². The normalized spacial score (nSPS) is 11.7. The lowest BCUT2D eigenvalue weighted by Crippen LogP contribution is -2.20. The van der Waals surface area contributed by atoms with Gasteiger partial charge in [-0.25, -0.2) is 5.43 Å². The van der Waals surface area contributed by atoms with E-state index in [0.717, 1.165) is 20.2 Å². The van der Waals surface area contributed by atoms with Crippen molar-refractivity contribution in [3.63, 3.8) is 0 Å². The van der Waals surface area contributed by atoms with Crippen molar-refractivity contribution in [3.8, 4) is 5.75 Å². The van der Waals surface area contributed by atoms with E-state index in [1.54, 1.807) is 12.1 Å². The van der Waals surface area contributed by atoms with Crippen molar-refractivity contribution in [3.05, 3.63) is 63.4 Å². The maximum Gasteiger partial charge on any atom is 0.275 e. The van der Waals surface area contributed by atoms with Crippen LogP contribution in [0.15, 0.2) is 53.6 Å². The van der Waals surface area contributed by atoms with Crippen molar-refractivity contribution in [2.45, 2.75) is 6.92 Å². The number of hydrazone groups is 1. The van der Waals surface area contributed by atoms with Crippen LogP contribution in [0.3, 0.4) is 0 Å². The standard InChI is InChI=1S/C18H16IN3O2/c1-11(16-9-12-5-3-4-6-15(12)22(16)2)20-21-18(24)14-10-13(19)7-8-17(14)23/h3-10,23H,1-2H3,(H,21,24)/b20-11+. The van der Waals surface area contributed by atoms with E-state index in [1.165, 1.54) is 6.07 Å². The quantitative estimate of drug-likeness (QED) is 0.376. The van der Waals surface area contributed by atoms with Crippen LogP contribution in [0.5, 0.6) is 5.75 Å². The summed E-state index contributed by atoms with van der Waals surface area (Å²) in [6, 6.07) is 14.9. The molecule has 0 fully saturated rings. The van der Waals surface area contributed by atoms with Crippen molar-refractivity contribution >= 4 is 45.1 Å². The molecule has 1 amide bonds. The van der Waals surface area contributed by atoms with Crippen molar-refractivity contribution in [2.24, 2.45) is 12.1 Å². The van der Waals surface area contributed by atoms with Crippen LogP contribution in [0.1, 0.15) is 23.0 Å². The molecule has 0 unspecified atom stereocenters. The molecule has 1 heterocycles. The van der Waals surface area contributed by atoms with E-state index in [0.29, 0.717) is 5.71 Å². The maximum atomic E-state index is 12.2. The fourth-order valence-electron chi connectivity index (χ4n) is 2.58. The lowest BCUT2D eigenvalue weighted by atomic mass is 10.2. The Morgan fingerprint density at radius 2 is 1.96 bits per heavy atom. The zero-order chi connectivity index (χ0) is 17.3. The predicted molar refractivity (Wildman–Crippen MR) is 103 cm³/mol. The van der Waals surface area contributed by atoms with E-state index in [2.05, 4.69) is 33.1 Å². The highest BCUT2D eigenvalue weighted by Gasteiger charge is 2.12. The van der Waals surface area contributed by atoms with E-state index in [4.69, 9.17) is 0 Å². The molecular weight excluding hydrogens is 417 g/mol. The van der Waals surface area contributed by atoms with Gasteiger partial charge in [0.15, 0.2) is 0 Å². The van der Waals surface area contributed by atoms with Crippen molar-refractivity contribution < 1.29 is 9.90 Å². The lowest BCUT2D eigenvalue weighted by Gasteiger charge is -2.06. The third-order valence-electron chi connectivity index (χ3n) is 3.85. The Kier molecular flexibility index (Phi) is 4.57. The molecule has 2 N–H and O–H groups in total. The minimum absolute atomic E-state index is 0.0645. The summed E-state index contributed by atoms with van der Waals surface area (Å²) < 4.78 is 2.90. The molecule has 5 nitrogen and oxygen atoms in total. The Bertz CT molecular complexity index is 960. The largest absolute Gasteiger partial charge is 0.507 e. The van der Waals surface area contributed by atoms with Gasteiger partial charge in [-0.15, -0.1) is 0 Å². The lowest BCUT2D eigenvalue weighted by molar-refractivity contribution is 0.0952. The third-order valence-corrected chi connectivity index (χ3v) is 4.52. The number of carbonyl (C=O) groups excluding carboxylic acids is 1. The van der Waals surface area contributed by atoms with Gasteiger partial charge in [-0.05, 0) is 59.8 Å². The van der Waals surface area contributed by atoms with Gasteiger partial charge >= 0.3 is 0 Å². The Morgan fingerprint density at radius 3 is 2.71 bits per heavy atom. The number of para-hydroxylation sites is 1. The van der Waals surface area contributed by atoms with Crippen molar-refractivity contribution in [1.29, 1.82) is 0 Å². The van der Waals surface area contributed by atoms with Crippen LogP contribution in [0.2, 0.25) is 0 Å². The summed E-state index contributed by atoms with van der Waals surface area (Å²) in [4.78, 5) is 12.2. The first-order valence-corrected chi connectivity index (χ1v) is 8.43. The summed E-state index contributed by atoms with van der Waals surface area (Å²) in [7, 11) is 1.96. The number of aromatic nitrogens is 1. The van der Waals surface area contributed by atoms with Gasteiger partial charge in [0, 0.05) is 21.5 Å². The van der Waals surface area contributed by atoms with E-state index in [1.807, 2.05) is 48.9 Å². The van der Waals surface area contributed by atoms with Crippen LogP contribution in [-0.4, -0.2) is 21.3 Å². The summed E-state index contributed by atoms with van der Waals surface area (Å²) in [5, 5.41) is 15.1. The molecule has 0 spiro atoms. The molecule has 0 atom stereocenters. The highest BCUT2D eigenvalue weighted by Crippen LogP contribution is 2.20. The minimum Gasteiger partial charge on any atom is -0.507 e. The number of fused-ring (bicyclic) bond motifs is 1. The molecule has 1 aromatic heterocycles. The summed E-state index contributed by atoms with van der Waals surface area (Å²) in [6.07, 6.45) is 0. The monoisotopic (exact) mass is 433 g/mol. The van der Waals surface area contributed by atoms with Crippen molar-refractivity contribution in [1.82, 2.24) is 9.99 Å². The molecule has 0 bridgehead atoms. The highest BCUT2D eigenvalue weighted by atomic mass is 127. The average Bonchev–Trinajstić information content (AvgIpc) is 2.92. The molecule has 6 heteroatoms. The zero-order valence-electron chi connectivity index (χ0n) is 13.2. The first-order chi connectivity index (χ1) is 11.5. The maximum absolute atomic E-state index is 12.2. The van der Waals surface area contributed by atoms with E-state index < -0.39 is 5.91 Å². The Hall–Kier alpha value is -2.35. The summed E-state index contributed by atoms with van der Waals surface area (Å²) in [6.45, 7) is 1.84. The number of amides is 1. The third kappa shape index (κ3) is 3.14. The number of benzene rings is 2. The molecule has 0 aliphatic heterocycles. The molecule has 24 heavy (non-hydrogen) atoms. The number of nitrogens with one attached hydrogen (secondary N) is 1. The van der Waals surface area contributed by atoms with Crippen LogP contribution in [0.25, 0.3) is 10.9 Å². The molecule has 0 aliphatic rings. The first kappa shape index (κ1) is 16.5. The second kappa shape index (κ2) is 6.64. The number of aromatic hydroxyl groups is 1. The number of aryl methyl sites for hydroxylation is 1. The van der Waals surface area contributed by atoms with Gasteiger partial charge in [-0.3, -0.25) is 4.79 Å². The van der Waals surface area contributed by atoms with Gasteiger partial charge in [0.1, 0.15) is 5.75 Å². The van der Waals surface area contributed by atoms with Gasteiger partial charge in [0.25, 0.3) is 5.91 Å². The fourth-order valence-corrected chi connectivity index (χ4v) is 3.07. The van der Waals surface area contributed by atoms with Crippen LogP contribution in [-0.2, 0) is 7.05 Å². The molecule has 0 aliphatic carbocycles. The van der Waals surface area contributed by atoms with E-state index in [-0.39, 0.29) is 11.3 Å². The van der Waals surface area contributed by atoms with Gasteiger partial charge in [0.05, 0.1) is 17.0 Å². The van der Waals surface area contributed by atoms with Gasteiger partial charge in [0.2, 0.25) is 0 Å². The van der Waals surface area contributed by atoms with Crippen LogP contribution in [0.4, 0.5) is 0 Å². The number of phenols is 1. The van der Waals surface area contributed by atoms with Gasteiger partial charge in [-0.2, -0.15) is 5.10 Å². The molecule has 0 saturated heterocycles. The average molecular weight is 433 g/mol. The number of phenolic OH excluding ortho intramolecular Hbond substituents is 1. The van der Waals surface area contributed by atoms with Gasteiger partial charge in [-0.1, -0.05) is 18.2 Å². The molecule has 3 rings (SSSR count). The summed E-state index contributed by atoms with van der Waals surface area (Å²) >= 11 is 2.09. The summed E-state index contributed by atoms with van der Waals surface area (Å²) in [5.74, 6) is -0.505. The topological polar surface area (TPSA) is 66.6 Å². The van der Waals surface area contributed by atoms with Crippen LogP contribution in [0, 0.1) is 3.57 Å². The number of carbonyl (C=O) groups is 1. The zero-order valence-corrected chi connectivity index (χ0v) is 15.4. The van der Waals surface area contributed by atoms with Crippen molar-refractivity contribution in [2.75, 3.05) is 0 Å². The Balaban J connectivity index is 1.86. The SMILES string of the molecule is C/C(=N\NC(=O)c1cc(I)ccc1O)c1cc2ccccc2n1C. The molecule has 122 valence electrons. The molecule has 3 aromatic rings. The molecule has 0 radical (unpaired) electrons. The number of nitrogens with zero attached hydrogens (tertiary/aromatic N) is 2.